The summed E-state index contributed by atoms with van der Waals surface area (Å²) in [4.78, 5) is 17.6. The molecule has 2 heterocycles. The first kappa shape index (κ1) is 20.1. The minimum atomic E-state index is -0.188. The zero-order chi connectivity index (χ0) is 20.8. The van der Waals surface area contributed by atoms with Crippen LogP contribution in [-0.4, -0.2) is 43.2 Å². The molecule has 1 aliphatic carbocycles. The zero-order valence-corrected chi connectivity index (χ0v) is 17.8. The Hall–Kier alpha value is -2.18. The van der Waals surface area contributed by atoms with E-state index in [4.69, 9.17) is 15.5 Å². The molecule has 156 valence electrons. The summed E-state index contributed by atoms with van der Waals surface area (Å²) in [6.07, 6.45) is 3.58. The fraction of sp³-hybridized carbons (Fsp3) is 0.565. The number of ether oxygens (including phenoxy) is 1. The van der Waals surface area contributed by atoms with Crippen LogP contribution in [0.5, 0.6) is 0 Å². The van der Waals surface area contributed by atoms with E-state index in [0.717, 1.165) is 29.4 Å². The maximum Gasteiger partial charge on any atom is 0.270 e. The van der Waals surface area contributed by atoms with Crippen LogP contribution in [0.15, 0.2) is 18.2 Å². The van der Waals surface area contributed by atoms with Gasteiger partial charge in [0, 0.05) is 37.3 Å². The Morgan fingerprint density at radius 3 is 2.69 bits per heavy atom. The molecule has 1 aromatic heterocycles. The maximum absolute atomic E-state index is 12.8. The fourth-order valence-electron chi connectivity index (χ4n) is 4.14. The number of nitrogen functional groups attached to an aromatic ring is 1. The summed E-state index contributed by atoms with van der Waals surface area (Å²) in [5, 5.41) is 7.33. The van der Waals surface area contributed by atoms with Gasteiger partial charge in [0.25, 0.3) is 5.91 Å². The van der Waals surface area contributed by atoms with Crippen molar-refractivity contribution in [2.75, 3.05) is 25.9 Å². The Bertz CT molecular complexity index is 931. The van der Waals surface area contributed by atoms with Crippen molar-refractivity contribution >= 4 is 22.5 Å². The van der Waals surface area contributed by atoms with Crippen LogP contribution in [0.4, 0.5) is 5.69 Å². The minimum absolute atomic E-state index is 0.0827. The topological polar surface area (TPSA) is 89.3 Å². The Labute approximate surface area is 172 Å². The van der Waals surface area contributed by atoms with Gasteiger partial charge in [0.05, 0.1) is 11.6 Å². The highest BCUT2D eigenvalue weighted by atomic mass is 16.5. The predicted octanol–water partition coefficient (Wildman–Crippen LogP) is 3.10. The molecule has 0 radical (unpaired) electrons. The number of carbonyl (C=O) groups excluding carboxylic acids is 1. The van der Waals surface area contributed by atoms with Crippen molar-refractivity contribution in [3.63, 3.8) is 0 Å². The third kappa shape index (κ3) is 4.23. The van der Waals surface area contributed by atoms with Crippen LogP contribution in [0.2, 0.25) is 0 Å². The van der Waals surface area contributed by atoms with Crippen molar-refractivity contribution in [3.05, 3.63) is 35.0 Å². The van der Waals surface area contributed by atoms with E-state index in [0.29, 0.717) is 23.8 Å². The Morgan fingerprint density at radius 1 is 1.31 bits per heavy atom. The lowest BCUT2D eigenvalue weighted by Gasteiger charge is -2.23. The average Bonchev–Trinajstić information content (AvgIpc) is 3.42. The van der Waals surface area contributed by atoms with Gasteiger partial charge in [-0.1, -0.05) is 26.8 Å². The molecule has 1 saturated heterocycles. The van der Waals surface area contributed by atoms with E-state index >= 15 is 0 Å². The molecule has 1 saturated carbocycles. The number of hydrogen-bond donors (Lipinski definition) is 3. The van der Waals surface area contributed by atoms with Crippen molar-refractivity contribution in [1.82, 2.24) is 15.6 Å². The second kappa shape index (κ2) is 7.58. The number of nitrogens with zero attached hydrogens (tertiary/aromatic N) is 1. The number of benzene rings is 1. The molecule has 6 nitrogen and oxygen atoms in total. The molecule has 4 N–H and O–H groups in total. The minimum Gasteiger partial charge on any atom is -0.398 e. The van der Waals surface area contributed by atoms with E-state index in [9.17, 15) is 4.79 Å². The lowest BCUT2D eigenvalue weighted by atomic mass is 9.83. The summed E-state index contributed by atoms with van der Waals surface area (Å²) >= 11 is 0. The molecule has 2 aromatic rings. The fourth-order valence-corrected chi connectivity index (χ4v) is 4.14. The Balaban J connectivity index is 1.62. The van der Waals surface area contributed by atoms with E-state index in [-0.39, 0.29) is 23.5 Å². The number of methoxy groups -OCH3 is 1. The molecule has 4 rings (SSSR count). The van der Waals surface area contributed by atoms with Gasteiger partial charge < -0.3 is 21.1 Å². The van der Waals surface area contributed by atoms with Gasteiger partial charge in [0.2, 0.25) is 0 Å². The molecule has 29 heavy (non-hydrogen) atoms. The molecule has 6 heteroatoms. The molecule has 2 aliphatic rings. The molecular formula is C23H32N4O2. The van der Waals surface area contributed by atoms with Crippen LogP contribution in [0.3, 0.4) is 0 Å². The Morgan fingerprint density at radius 2 is 2.07 bits per heavy atom. The standard InChI is InChI=1S/C23H32N4O2/c1-23(2,3)18-8-14(13-5-6-13)7-17-19(24)10-20(27-21(17)18)22(28)26-11-15-9-16(29-4)12-25-15/h7-8,10,13,15-16,25H,5-6,9,11-12H2,1-4H3,(H2,24,27)(H,26,28)/t15-,16-/m1/s1. The normalized spacial score (nSPS) is 22.2. The number of pyridine rings is 1. The van der Waals surface area contributed by atoms with E-state index < -0.39 is 0 Å². The number of aromatic nitrogens is 1. The summed E-state index contributed by atoms with van der Waals surface area (Å²) < 4.78 is 5.37. The number of rotatable bonds is 5. The van der Waals surface area contributed by atoms with Crippen LogP contribution in [0, 0.1) is 0 Å². The van der Waals surface area contributed by atoms with Crippen molar-refractivity contribution < 1.29 is 9.53 Å². The van der Waals surface area contributed by atoms with E-state index in [1.807, 2.05) is 0 Å². The summed E-state index contributed by atoms with van der Waals surface area (Å²) in [5.41, 5.74) is 10.6. The van der Waals surface area contributed by atoms with E-state index in [1.54, 1.807) is 13.2 Å². The van der Waals surface area contributed by atoms with Gasteiger partial charge in [-0.3, -0.25) is 4.79 Å². The second-order valence-electron chi connectivity index (χ2n) is 9.49. The largest absolute Gasteiger partial charge is 0.398 e. The van der Waals surface area contributed by atoms with Gasteiger partial charge in [-0.2, -0.15) is 0 Å². The van der Waals surface area contributed by atoms with Crippen LogP contribution in [-0.2, 0) is 10.2 Å². The zero-order valence-electron chi connectivity index (χ0n) is 17.8. The smallest absolute Gasteiger partial charge is 0.270 e. The third-order valence-corrected chi connectivity index (χ3v) is 6.08. The van der Waals surface area contributed by atoms with Crippen molar-refractivity contribution in [2.24, 2.45) is 0 Å². The van der Waals surface area contributed by atoms with Crippen LogP contribution in [0.1, 0.15) is 67.6 Å². The van der Waals surface area contributed by atoms with Crippen LogP contribution < -0.4 is 16.4 Å². The molecule has 2 atom stereocenters. The number of nitrogens with two attached hydrogens (primary N) is 1. The molecule has 1 aromatic carbocycles. The molecule has 1 aliphatic heterocycles. The van der Waals surface area contributed by atoms with Crippen LogP contribution >= 0.6 is 0 Å². The quantitative estimate of drug-likeness (QED) is 0.723. The molecule has 0 spiro atoms. The van der Waals surface area contributed by atoms with E-state index in [1.165, 1.54) is 18.4 Å². The number of carbonyl (C=O) groups is 1. The highest BCUT2D eigenvalue weighted by Gasteiger charge is 2.28. The number of amides is 1. The molecule has 0 unspecified atom stereocenters. The monoisotopic (exact) mass is 396 g/mol. The van der Waals surface area contributed by atoms with Gasteiger partial charge in [0.1, 0.15) is 5.69 Å². The highest BCUT2D eigenvalue weighted by molar-refractivity contribution is 6.00. The second-order valence-corrected chi connectivity index (χ2v) is 9.49. The van der Waals surface area contributed by atoms with Gasteiger partial charge in [-0.15, -0.1) is 0 Å². The Kier molecular flexibility index (Phi) is 5.25. The van der Waals surface area contributed by atoms with Crippen molar-refractivity contribution in [1.29, 1.82) is 0 Å². The molecular weight excluding hydrogens is 364 g/mol. The third-order valence-electron chi connectivity index (χ3n) is 6.08. The lowest BCUT2D eigenvalue weighted by molar-refractivity contribution is 0.0941. The first-order valence-corrected chi connectivity index (χ1v) is 10.5. The molecule has 0 bridgehead atoms. The molecule has 2 fully saturated rings. The van der Waals surface area contributed by atoms with Gasteiger partial charge in [-0.25, -0.2) is 4.98 Å². The maximum atomic E-state index is 12.8. The number of nitrogens with one attached hydrogen (secondary N) is 2. The number of fused-ring (bicyclic) bond motifs is 1. The summed E-state index contributed by atoms with van der Waals surface area (Å²) in [6.45, 7) is 7.91. The highest BCUT2D eigenvalue weighted by Crippen LogP contribution is 2.44. The predicted molar refractivity (Wildman–Crippen MR) is 116 cm³/mol. The summed E-state index contributed by atoms with van der Waals surface area (Å²) in [6, 6.07) is 6.36. The number of hydrogen-bond acceptors (Lipinski definition) is 5. The molecule has 1 amide bonds. The summed E-state index contributed by atoms with van der Waals surface area (Å²) in [5.74, 6) is 0.449. The van der Waals surface area contributed by atoms with Crippen LogP contribution in [0.25, 0.3) is 10.9 Å². The van der Waals surface area contributed by atoms with Crippen molar-refractivity contribution in [3.8, 4) is 0 Å². The van der Waals surface area contributed by atoms with Gasteiger partial charge in [0.15, 0.2) is 0 Å². The van der Waals surface area contributed by atoms with Gasteiger partial charge in [-0.05, 0) is 53.9 Å². The number of anilines is 1. The summed E-state index contributed by atoms with van der Waals surface area (Å²) in [7, 11) is 1.72. The van der Waals surface area contributed by atoms with E-state index in [2.05, 4.69) is 43.5 Å². The van der Waals surface area contributed by atoms with Crippen molar-refractivity contribution in [2.45, 2.75) is 63.5 Å². The lowest BCUT2D eigenvalue weighted by Crippen LogP contribution is -2.37. The van der Waals surface area contributed by atoms with Gasteiger partial charge >= 0.3 is 0 Å². The average molecular weight is 397 g/mol. The first-order valence-electron chi connectivity index (χ1n) is 10.5. The first-order chi connectivity index (χ1) is 13.8. The SMILES string of the molecule is CO[C@H]1CN[C@@H](CNC(=O)c2cc(N)c3cc(C4CC4)cc(C(C)(C)C)c3n2)C1.